The van der Waals surface area contributed by atoms with Crippen LogP contribution in [0, 0.1) is 27.7 Å². The number of unbranched alkanes of at least 4 members (excludes halogenated alkanes) is 1. The van der Waals surface area contributed by atoms with Crippen LogP contribution in [0.4, 0.5) is 0 Å². The summed E-state index contributed by atoms with van der Waals surface area (Å²) in [7, 11) is 7.58. The zero-order valence-electron chi connectivity index (χ0n) is 38.9. The molecule has 64 heavy (non-hydrogen) atoms. The summed E-state index contributed by atoms with van der Waals surface area (Å²) < 4.78 is 0. The Hall–Kier alpha value is -5.85. The second-order valence-electron chi connectivity index (χ2n) is 18.3. The summed E-state index contributed by atoms with van der Waals surface area (Å²) in [5, 5.41) is 5.98. The summed E-state index contributed by atoms with van der Waals surface area (Å²) in [5.74, 6) is -1.58. The van der Waals surface area contributed by atoms with Gasteiger partial charge in [-0.05, 0) is 144 Å². The van der Waals surface area contributed by atoms with Crippen LogP contribution in [-0.2, 0) is 62.7 Å². The molecule has 0 saturated carbocycles. The normalized spacial score (nSPS) is 17.3. The molecule has 340 valence electrons. The number of amides is 5. The number of primary amides is 1. The average Bonchev–Trinajstić information content (AvgIpc) is 3.26. The number of nitrogens with two attached hydrogens (primary N) is 1. The van der Waals surface area contributed by atoms with Gasteiger partial charge in [0.15, 0.2) is 0 Å². The topological polar surface area (TPSA) is 148 Å². The molecule has 2 aliphatic heterocycles. The van der Waals surface area contributed by atoms with Crippen molar-refractivity contribution < 1.29 is 24.0 Å². The number of rotatable bonds is 17. The van der Waals surface area contributed by atoms with Gasteiger partial charge in [0.2, 0.25) is 29.5 Å². The maximum atomic E-state index is 14.6. The van der Waals surface area contributed by atoms with Crippen molar-refractivity contribution in [1.82, 2.24) is 30.2 Å². The average molecular weight is 870 g/mol. The number of nitrogens with one attached hydrogen (secondary N) is 2. The van der Waals surface area contributed by atoms with E-state index in [4.69, 9.17) is 5.73 Å². The number of carbonyl (C=O) groups is 5. The van der Waals surface area contributed by atoms with Gasteiger partial charge >= 0.3 is 0 Å². The first kappa shape index (κ1) is 47.6. The van der Waals surface area contributed by atoms with Gasteiger partial charge in [0.05, 0.1) is 12.1 Å². The van der Waals surface area contributed by atoms with E-state index >= 15 is 0 Å². The molecule has 0 saturated heterocycles. The van der Waals surface area contributed by atoms with Crippen molar-refractivity contribution in [3.05, 3.63) is 141 Å². The summed E-state index contributed by atoms with van der Waals surface area (Å²) in [6, 6.07) is 24.5. The van der Waals surface area contributed by atoms with Crippen molar-refractivity contribution in [3.63, 3.8) is 0 Å². The maximum absolute atomic E-state index is 14.6. The predicted octanol–water partition coefficient (Wildman–Crippen LogP) is 4.73. The van der Waals surface area contributed by atoms with E-state index in [2.05, 4.69) is 36.6 Å². The Morgan fingerprint density at radius 2 is 1.00 bits per heavy atom. The molecule has 2 heterocycles. The molecule has 0 bridgehead atoms. The fourth-order valence-corrected chi connectivity index (χ4v) is 9.43. The lowest BCUT2D eigenvalue weighted by Crippen LogP contribution is -2.59. The molecule has 0 fully saturated rings. The number of hydrogen-bond donors (Lipinski definition) is 3. The lowest BCUT2D eigenvalue weighted by atomic mass is 9.90. The molecular formula is C52H67N7O5. The van der Waals surface area contributed by atoms with Crippen LogP contribution in [-0.4, -0.2) is 114 Å². The van der Waals surface area contributed by atoms with Crippen LogP contribution in [0.1, 0.15) is 74.9 Å². The fourth-order valence-electron chi connectivity index (χ4n) is 9.43. The van der Waals surface area contributed by atoms with Gasteiger partial charge in [-0.1, -0.05) is 84.9 Å². The molecule has 12 heteroatoms. The van der Waals surface area contributed by atoms with Gasteiger partial charge in [0.25, 0.3) is 0 Å². The number of fused-ring (bicyclic) bond motifs is 2. The molecular weight excluding hydrogens is 803 g/mol. The monoisotopic (exact) mass is 870 g/mol. The number of aryl methyl sites for hydroxylation is 4. The zero-order chi connectivity index (χ0) is 46.2. The lowest BCUT2D eigenvalue weighted by molar-refractivity contribution is -0.146. The van der Waals surface area contributed by atoms with Crippen LogP contribution in [0.3, 0.4) is 0 Å². The van der Waals surface area contributed by atoms with Crippen LogP contribution in [0.5, 0.6) is 0 Å². The standard InChI is InChI=1S/C52H67N7O5/c1-33-17-15-18-34(2)41(33)29-46(56(5)6)51(63)58-31-39-23-11-9-21-37(39)27-44(58)49(61)54-26-14-13-25-43(48(53)60)55-50(62)45-28-38-22-10-12-24-40(38)32-59(45)52(64)47(57(7)8)30-42-35(3)19-16-20-36(42)4/h9-12,15-24,43-47H,13-14,25-32H2,1-8H3,(H2,53,60)(H,54,61)(H,55,62)/t43-,44-,45-,46+,47+/m0/s1. The van der Waals surface area contributed by atoms with Crippen molar-refractivity contribution in [2.24, 2.45) is 5.73 Å². The molecule has 6 rings (SSSR count). The molecule has 0 spiro atoms. The van der Waals surface area contributed by atoms with Gasteiger partial charge in [-0.25, -0.2) is 0 Å². The Labute approximate surface area is 379 Å². The van der Waals surface area contributed by atoms with E-state index in [0.717, 1.165) is 55.6 Å². The first-order chi connectivity index (χ1) is 30.5. The highest BCUT2D eigenvalue weighted by Crippen LogP contribution is 2.29. The van der Waals surface area contributed by atoms with E-state index in [1.165, 1.54) is 0 Å². The minimum absolute atomic E-state index is 0.0947. The van der Waals surface area contributed by atoms with Crippen molar-refractivity contribution in [2.45, 2.75) is 116 Å². The van der Waals surface area contributed by atoms with Crippen LogP contribution in [0.15, 0.2) is 84.9 Å². The third-order valence-corrected chi connectivity index (χ3v) is 13.4. The predicted molar refractivity (Wildman–Crippen MR) is 251 cm³/mol. The van der Waals surface area contributed by atoms with Crippen molar-refractivity contribution >= 4 is 29.5 Å². The maximum Gasteiger partial charge on any atom is 0.243 e. The summed E-state index contributed by atoms with van der Waals surface area (Å²) >= 11 is 0. The fraction of sp³-hybridized carbons (Fsp3) is 0.442. The Kier molecular flexibility index (Phi) is 15.8. The van der Waals surface area contributed by atoms with E-state index in [1.807, 2.05) is 125 Å². The second-order valence-corrected chi connectivity index (χ2v) is 18.3. The van der Waals surface area contributed by atoms with E-state index in [-0.39, 0.29) is 30.7 Å². The summed E-state index contributed by atoms with van der Waals surface area (Å²) in [6.45, 7) is 9.14. The second kappa shape index (κ2) is 21.2. The zero-order valence-corrected chi connectivity index (χ0v) is 38.9. The third kappa shape index (κ3) is 11.1. The number of benzene rings is 4. The molecule has 2 aliphatic rings. The molecule has 12 nitrogen and oxygen atoms in total. The Balaban J connectivity index is 1.10. The molecule has 0 radical (unpaired) electrons. The van der Waals surface area contributed by atoms with Gasteiger partial charge in [0.1, 0.15) is 18.1 Å². The molecule has 5 atom stereocenters. The highest BCUT2D eigenvalue weighted by molar-refractivity contribution is 5.94. The third-order valence-electron chi connectivity index (χ3n) is 13.4. The van der Waals surface area contributed by atoms with Gasteiger partial charge in [-0.2, -0.15) is 0 Å². The van der Waals surface area contributed by atoms with E-state index in [0.29, 0.717) is 51.6 Å². The van der Waals surface area contributed by atoms with Gasteiger partial charge in [0, 0.05) is 32.5 Å². The Morgan fingerprint density at radius 3 is 1.41 bits per heavy atom. The number of likely N-dealkylation sites (N-methyl/N-ethyl adjacent to an activating group) is 2. The summed E-state index contributed by atoms with van der Waals surface area (Å²) in [5.41, 5.74) is 16.6. The van der Waals surface area contributed by atoms with Crippen LogP contribution in [0.25, 0.3) is 0 Å². The minimum Gasteiger partial charge on any atom is -0.368 e. The Bertz CT molecular complexity index is 2300. The van der Waals surface area contributed by atoms with Gasteiger partial charge < -0.3 is 26.2 Å². The van der Waals surface area contributed by atoms with E-state index in [1.54, 1.807) is 9.80 Å². The van der Waals surface area contributed by atoms with Crippen LogP contribution < -0.4 is 16.4 Å². The van der Waals surface area contributed by atoms with Crippen molar-refractivity contribution in [2.75, 3.05) is 34.7 Å². The quantitative estimate of drug-likeness (QED) is 0.130. The molecule has 0 unspecified atom stereocenters. The molecule has 5 amide bonds. The van der Waals surface area contributed by atoms with E-state index in [9.17, 15) is 24.0 Å². The summed E-state index contributed by atoms with van der Waals surface area (Å²) in [4.78, 5) is 77.4. The van der Waals surface area contributed by atoms with Crippen molar-refractivity contribution in [3.8, 4) is 0 Å². The minimum atomic E-state index is -0.973. The first-order valence-electron chi connectivity index (χ1n) is 22.6. The first-order valence-corrected chi connectivity index (χ1v) is 22.6. The molecule has 0 aliphatic carbocycles. The number of nitrogens with zero attached hydrogens (tertiary/aromatic N) is 4. The summed E-state index contributed by atoms with van der Waals surface area (Å²) in [6.07, 6.45) is 2.98. The van der Waals surface area contributed by atoms with Crippen LogP contribution in [0.2, 0.25) is 0 Å². The SMILES string of the molecule is Cc1cccc(C)c1C[C@H](C(=O)N1Cc2ccccc2C[C@H]1C(=O)NCCCC[C@H](NC(=O)[C@@H]1Cc2ccccc2CN1C(=O)[C@@H](Cc1c(C)cccc1C)N(C)C)C(N)=O)N(C)C. The number of hydrogen-bond acceptors (Lipinski definition) is 7. The van der Waals surface area contributed by atoms with Crippen LogP contribution >= 0.6 is 0 Å². The molecule has 4 N–H and O–H groups in total. The van der Waals surface area contributed by atoms with E-state index < -0.39 is 42.0 Å². The highest BCUT2D eigenvalue weighted by Gasteiger charge is 2.40. The van der Waals surface area contributed by atoms with Gasteiger partial charge in [-0.3, -0.25) is 33.8 Å². The van der Waals surface area contributed by atoms with Gasteiger partial charge in [-0.15, -0.1) is 0 Å². The number of carbonyl (C=O) groups excluding carboxylic acids is 5. The highest BCUT2D eigenvalue weighted by atomic mass is 16.2. The van der Waals surface area contributed by atoms with Crippen molar-refractivity contribution in [1.29, 1.82) is 0 Å². The molecule has 4 aromatic carbocycles. The molecule has 0 aromatic heterocycles. The largest absolute Gasteiger partial charge is 0.368 e. The smallest absolute Gasteiger partial charge is 0.243 e. The Morgan fingerprint density at radius 1 is 0.594 bits per heavy atom. The molecule has 4 aromatic rings. The lowest BCUT2D eigenvalue weighted by Gasteiger charge is -2.40.